The molecule has 0 spiro atoms. The minimum atomic E-state index is -4.06. The molecule has 0 fully saturated rings. The molecule has 6 rings (SSSR count). The van der Waals surface area contributed by atoms with Crippen molar-refractivity contribution in [1.82, 2.24) is 7.94 Å². The van der Waals surface area contributed by atoms with E-state index >= 15 is 0 Å². The third-order valence-electron chi connectivity index (χ3n) is 6.81. The third-order valence-corrected chi connectivity index (χ3v) is 10.3. The molecule has 202 valence electrons. The molecule has 2 heterocycles. The van der Waals surface area contributed by atoms with Crippen molar-refractivity contribution in [1.29, 1.82) is 0 Å². The maximum atomic E-state index is 14.0. The number of ether oxygens (including phenoxy) is 1. The number of para-hydroxylation sites is 1. The van der Waals surface area contributed by atoms with Crippen LogP contribution in [0.4, 0.5) is 0 Å². The first-order valence-corrected chi connectivity index (χ1v) is 15.2. The van der Waals surface area contributed by atoms with Crippen LogP contribution in [0.2, 0.25) is 0 Å². The molecule has 0 aliphatic carbocycles. The van der Waals surface area contributed by atoms with Crippen LogP contribution in [0, 0.1) is 0 Å². The summed E-state index contributed by atoms with van der Waals surface area (Å²) in [5.74, 6) is 0.395. The van der Waals surface area contributed by atoms with Crippen LogP contribution in [0.5, 0.6) is 5.75 Å². The molecule has 0 atom stereocenters. The predicted octanol–water partition coefficient (Wildman–Crippen LogP) is 5.24. The monoisotopic (exact) mass is 572 g/mol. The van der Waals surface area contributed by atoms with E-state index in [1.165, 1.54) is 35.3 Å². The highest BCUT2D eigenvalue weighted by atomic mass is 32.2. The Morgan fingerprint density at radius 3 is 1.90 bits per heavy atom. The summed E-state index contributed by atoms with van der Waals surface area (Å²) < 4.78 is 63.0. The van der Waals surface area contributed by atoms with Crippen molar-refractivity contribution in [2.75, 3.05) is 7.11 Å². The van der Waals surface area contributed by atoms with Crippen LogP contribution < -0.4 is 4.74 Å². The van der Waals surface area contributed by atoms with E-state index in [9.17, 15) is 21.9 Å². The number of aliphatic hydroxyl groups is 1. The predicted molar refractivity (Wildman–Crippen MR) is 153 cm³/mol. The zero-order valence-corrected chi connectivity index (χ0v) is 22.9. The Bertz CT molecular complexity index is 2100. The maximum absolute atomic E-state index is 14.0. The first kappa shape index (κ1) is 25.9. The van der Waals surface area contributed by atoms with Crippen LogP contribution in [0.15, 0.2) is 119 Å². The molecule has 0 aliphatic heterocycles. The quantitative estimate of drug-likeness (QED) is 0.280. The fourth-order valence-corrected chi connectivity index (χ4v) is 8.13. The highest BCUT2D eigenvalue weighted by Crippen LogP contribution is 2.38. The molecule has 10 heteroatoms. The number of fused-ring (bicyclic) bond motifs is 2. The Kier molecular flexibility index (Phi) is 6.25. The van der Waals surface area contributed by atoms with Crippen molar-refractivity contribution in [2.45, 2.75) is 16.4 Å². The normalized spacial score (nSPS) is 12.2. The van der Waals surface area contributed by atoms with Gasteiger partial charge in [0.25, 0.3) is 20.0 Å². The standard InChI is InChI=1S/C30H24N2O6S2/c1-38-29-14-8-9-22-19-28(32(30(22)29)40(36,37)26-12-6-3-7-13-26)21-15-16-27-23(17-21)18-24(20-33)31(27)39(34,35)25-10-4-2-5-11-25/h2-19,33H,20H2,1H3. The van der Waals surface area contributed by atoms with Gasteiger partial charge in [0.2, 0.25) is 0 Å². The van der Waals surface area contributed by atoms with E-state index < -0.39 is 26.7 Å². The number of nitrogens with zero attached hydrogens (tertiary/aromatic N) is 2. The van der Waals surface area contributed by atoms with Crippen molar-refractivity contribution >= 4 is 41.9 Å². The lowest BCUT2D eigenvalue weighted by Crippen LogP contribution is -2.15. The van der Waals surface area contributed by atoms with Crippen molar-refractivity contribution in [2.24, 2.45) is 0 Å². The van der Waals surface area contributed by atoms with Gasteiger partial charge in [-0.15, -0.1) is 0 Å². The van der Waals surface area contributed by atoms with Crippen molar-refractivity contribution < 1.29 is 26.7 Å². The lowest BCUT2D eigenvalue weighted by molar-refractivity contribution is 0.276. The molecule has 0 saturated heterocycles. The molecule has 0 bridgehead atoms. The summed E-state index contributed by atoms with van der Waals surface area (Å²) in [5.41, 5.74) is 1.88. The number of aromatic nitrogens is 2. The maximum Gasteiger partial charge on any atom is 0.268 e. The molecule has 6 aromatic rings. The smallest absolute Gasteiger partial charge is 0.268 e. The minimum absolute atomic E-state index is 0.0902. The largest absolute Gasteiger partial charge is 0.495 e. The molecule has 0 amide bonds. The molecule has 8 nitrogen and oxygen atoms in total. The average molecular weight is 573 g/mol. The molecule has 1 N–H and O–H groups in total. The lowest BCUT2D eigenvalue weighted by Gasteiger charge is -2.14. The van der Waals surface area contributed by atoms with Gasteiger partial charge in [0.15, 0.2) is 0 Å². The van der Waals surface area contributed by atoms with Crippen molar-refractivity contribution in [3.8, 4) is 17.0 Å². The van der Waals surface area contributed by atoms with E-state index in [1.807, 2.05) is 6.07 Å². The molecule has 0 aliphatic rings. The summed E-state index contributed by atoms with van der Waals surface area (Å²) in [6.45, 7) is -0.504. The zero-order chi connectivity index (χ0) is 28.1. The fourth-order valence-electron chi connectivity index (χ4n) is 5.01. The average Bonchev–Trinajstić information content (AvgIpc) is 3.57. The highest BCUT2D eigenvalue weighted by Gasteiger charge is 2.27. The second kappa shape index (κ2) is 9.67. The number of aliphatic hydroxyl groups excluding tert-OH is 1. The third kappa shape index (κ3) is 4.00. The molecule has 0 unspecified atom stereocenters. The summed E-state index contributed by atoms with van der Waals surface area (Å²) >= 11 is 0. The number of rotatable bonds is 7. The summed E-state index contributed by atoms with van der Waals surface area (Å²) in [4.78, 5) is 0.205. The molecule has 2 aromatic heterocycles. The molecule has 0 saturated carbocycles. The Balaban J connectivity index is 1.62. The summed E-state index contributed by atoms with van der Waals surface area (Å²) in [5, 5.41) is 11.3. The topological polar surface area (TPSA) is 108 Å². The van der Waals surface area contributed by atoms with Crippen LogP contribution >= 0.6 is 0 Å². The van der Waals surface area contributed by atoms with Gasteiger partial charge in [0, 0.05) is 16.3 Å². The van der Waals surface area contributed by atoms with Crippen LogP contribution in [-0.4, -0.2) is 37.0 Å². The van der Waals surface area contributed by atoms with Crippen molar-refractivity contribution in [3.05, 3.63) is 115 Å². The van der Waals surface area contributed by atoms with Crippen molar-refractivity contribution in [3.63, 3.8) is 0 Å². The fraction of sp³-hybridized carbons (Fsp3) is 0.0667. The van der Waals surface area contributed by atoms with Gasteiger partial charge in [-0.25, -0.2) is 24.8 Å². The second-order valence-corrected chi connectivity index (χ2v) is 12.7. The zero-order valence-electron chi connectivity index (χ0n) is 21.3. The van der Waals surface area contributed by atoms with Crippen LogP contribution in [-0.2, 0) is 26.7 Å². The van der Waals surface area contributed by atoms with Gasteiger partial charge in [-0.2, -0.15) is 0 Å². The number of hydrogen-bond acceptors (Lipinski definition) is 6. The van der Waals surface area contributed by atoms with E-state index in [1.54, 1.807) is 78.9 Å². The van der Waals surface area contributed by atoms with E-state index in [0.717, 1.165) is 3.97 Å². The highest BCUT2D eigenvalue weighted by molar-refractivity contribution is 7.90. The Labute approximate surface area is 231 Å². The molecular formula is C30H24N2O6S2. The second-order valence-electron chi connectivity index (χ2n) is 9.16. The van der Waals surface area contributed by atoms with Gasteiger partial charge in [0.05, 0.1) is 40.4 Å². The van der Waals surface area contributed by atoms with Gasteiger partial charge in [-0.3, -0.25) is 0 Å². The number of benzene rings is 4. The Morgan fingerprint density at radius 2 is 1.30 bits per heavy atom. The van der Waals surface area contributed by atoms with E-state index in [0.29, 0.717) is 38.8 Å². The first-order valence-electron chi connectivity index (χ1n) is 12.3. The summed E-state index contributed by atoms with van der Waals surface area (Å²) in [6.07, 6.45) is 0. The number of hydrogen-bond donors (Lipinski definition) is 1. The summed E-state index contributed by atoms with van der Waals surface area (Å²) in [7, 11) is -6.57. The molecule has 40 heavy (non-hydrogen) atoms. The van der Waals surface area contributed by atoms with Gasteiger partial charge in [-0.1, -0.05) is 54.6 Å². The SMILES string of the molecule is COc1cccc2cc(-c3ccc4c(c3)cc(CO)n4S(=O)(=O)c3ccccc3)n(S(=O)(=O)c3ccccc3)c12. The Hall–Kier alpha value is -4.38. The number of methoxy groups -OCH3 is 1. The van der Waals surface area contributed by atoms with Crippen LogP contribution in [0.25, 0.3) is 33.1 Å². The van der Waals surface area contributed by atoms with Crippen LogP contribution in [0.3, 0.4) is 0 Å². The van der Waals surface area contributed by atoms with E-state index in [2.05, 4.69) is 0 Å². The van der Waals surface area contributed by atoms with Crippen LogP contribution in [0.1, 0.15) is 5.69 Å². The molecule has 4 aromatic carbocycles. The van der Waals surface area contributed by atoms with Gasteiger partial charge >= 0.3 is 0 Å². The molecule has 0 radical (unpaired) electrons. The van der Waals surface area contributed by atoms with E-state index in [4.69, 9.17) is 4.74 Å². The van der Waals surface area contributed by atoms with E-state index in [-0.39, 0.29) is 15.5 Å². The Morgan fingerprint density at radius 1 is 0.675 bits per heavy atom. The first-order chi connectivity index (χ1) is 19.3. The van der Waals surface area contributed by atoms with Gasteiger partial charge < -0.3 is 9.84 Å². The molecular weight excluding hydrogens is 548 g/mol. The van der Waals surface area contributed by atoms with Gasteiger partial charge in [-0.05, 0) is 54.6 Å². The lowest BCUT2D eigenvalue weighted by atomic mass is 10.1. The summed E-state index contributed by atoms with van der Waals surface area (Å²) in [6, 6.07) is 29.8. The van der Waals surface area contributed by atoms with Gasteiger partial charge in [0.1, 0.15) is 11.3 Å². The minimum Gasteiger partial charge on any atom is -0.495 e.